The van der Waals surface area contributed by atoms with Gasteiger partial charge < -0.3 is 16.2 Å². The lowest BCUT2D eigenvalue weighted by molar-refractivity contribution is -0.0145. The first-order valence-electron chi connectivity index (χ1n) is 7.16. The predicted octanol–water partition coefficient (Wildman–Crippen LogP) is 3.10. The Hall–Kier alpha value is -2.13. The van der Waals surface area contributed by atoms with Crippen molar-refractivity contribution in [2.45, 2.75) is 12.0 Å². The zero-order valence-corrected chi connectivity index (χ0v) is 14.6. The van der Waals surface area contributed by atoms with Crippen LogP contribution < -0.4 is 11.5 Å². The minimum atomic E-state index is -2.95. The number of nitrogens with two attached hydrogens (primary N) is 2. The maximum absolute atomic E-state index is 13.7. The second-order valence-corrected chi connectivity index (χ2v) is 6.15. The molecular formula is C16H16BrF3N4O. The Morgan fingerprint density at radius 1 is 1.24 bits per heavy atom. The van der Waals surface area contributed by atoms with E-state index < -0.39 is 24.4 Å². The Balaban J connectivity index is 0.000000269. The molecule has 3 rings (SSSR count). The summed E-state index contributed by atoms with van der Waals surface area (Å²) in [5, 5.41) is 0. The van der Waals surface area contributed by atoms with Crippen molar-refractivity contribution in [1.82, 2.24) is 4.98 Å². The van der Waals surface area contributed by atoms with Gasteiger partial charge in [0.05, 0.1) is 6.61 Å². The van der Waals surface area contributed by atoms with Gasteiger partial charge in [-0.25, -0.2) is 13.2 Å². The fourth-order valence-electron chi connectivity index (χ4n) is 2.22. The van der Waals surface area contributed by atoms with Gasteiger partial charge in [-0.3, -0.25) is 9.98 Å². The summed E-state index contributed by atoms with van der Waals surface area (Å²) in [5.41, 5.74) is 8.65. The van der Waals surface area contributed by atoms with Crippen LogP contribution in [0.5, 0.6) is 0 Å². The van der Waals surface area contributed by atoms with Crippen molar-refractivity contribution in [3.8, 4) is 0 Å². The maximum atomic E-state index is 13.7. The summed E-state index contributed by atoms with van der Waals surface area (Å²) in [6.45, 7) is -0.482. The smallest absolute Gasteiger partial charge is 0.269 e. The fraction of sp³-hybridized carbons (Fsp3) is 0.250. The summed E-state index contributed by atoms with van der Waals surface area (Å²) in [6, 6.07) is 7.26. The molecule has 0 unspecified atom stereocenters. The molecule has 0 aliphatic carbocycles. The number of anilines is 1. The monoisotopic (exact) mass is 416 g/mol. The van der Waals surface area contributed by atoms with Crippen LogP contribution in [-0.4, -0.2) is 30.5 Å². The summed E-state index contributed by atoms with van der Waals surface area (Å²) < 4.78 is 46.3. The third kappa shape index (κ3) is 4.70. The molecule has 0 saturated carbocycles. The van der Waals surface area contributed by atoms with Crippen LogP contribution in [0.3, 0.4) is 0 Å². The van der Waals surface area contributed by atoms with Gasteiger partial charge in [0.15, 0.2) is 5.54 Å². The SMILES string of the molecule is Brc1cccnc1.NC1=N[C@@](c2cc(N)ccc2F)(C(F)F)COC1. The number of alkyl halides is 2. The van der Waals surface area contributed by atoms with E-state index in [1.807, 2.05) is 12.1 Å². The highest BCUT2D eigenvalue weighted by Gasteiger charge is 2.46. The molecule has 0 amide bonds. The van der Waals surface area contributed by atoms with E-state index in [1.165, 1.54) is 6.07 Å². The molecule has 0 saturated heterocycles. The molecule has 1 aromatic carbocycles. The van der Waals surface area contributed by atoms with E-state index >= 15 is 0 Å². The van der Waals surface area contributed by atoms with Gasteiger partial charge in [-0.15, -0.1) is 0 Å². The number of aliphatic imine (C=N–C) groups is 1. The van der Waals surface area contributed by atoms with Gasteiger partial charge in [-0.2, -0.15) is 0 Å². The largest absolute Gasteiger partial charge is 0.399 e. The molecule has 1 aliphatic heterocycles. The topological polar surface area (TPSA) is 86.5 Å². The number of amidine groups is 1. The minimum Gasteiger partial charge on any atom is -0.399 e. The van der Waals surface area contributed by atoms with Crippen molar-refractivity contribution in [1.29, 1.82) is 0 Å². The van der Waals surface area contributed by atoms with Gasteiger partial charge in [-0.05, 0) is 46.3 Å². The van der Waals surface area contributed by atoms with Gasteiger partial charge in [0.1, 0.15) is 18.3 Å². The van der Waals surface area contributed by atoms with E-state index in [4.69, 9.17) is 16.2 Å². The number of pyridine rings is 1. The molecule has 1 aromatic heterocycles. The highest BCUT2D eigenvalue weighted by molar-refractivity contribution is 9.10. The second kappa shape index (κ2) is 8.30. The number of aromatic nitrogens is 1. The van der Waals surface area contributed by atoms with E-state index in [9.17, 15) is 13.2 Å². The number of rotatable bonds is 2. The molecule has 2 aromatic rings. The lowest BCUT2D eigenvalue weighted by Gasteiger charge is -2.33. The Labute approximate surface area is 151 Å². The first kappa shape index (κ1) is 19.2. The molecule has 25 heavy (non-hydrogen) atoms. The number of hydrogen-bond acceptors (Lipinski definition) is 5. The quantitative estimate of drug-likeness (QED) is 0.736. The van der Waals surface area contributed by atoms with Crippen molar-refractivity contribution in [2.75, 3.05) is 18.9 Å². The lowest BCUT2D eigenvalue weighted by atomic mass is 9.90. The third-order valence-corrected chi connectivity index (χ3v) is 3.83. The van der Waals surface area contributed by atoms with Gasteiger partial charge in [0, 0.05) is 28.1 Å². The van der Waals surface area contributed by atoms with Crippen molar-refractivity contribution in [3.05, 3.63) is 58.6 Å². The van der Waals surface area contributed by atoms with Crippen molar-refractivity contribution in [2.24, 2.45) is 10.7 Å². The minimum absolute atomic E-state index is 0.0432. The Bertz CT molecular complexity index is 745. The van der Waals surface area contributed by atoms with E-state index in [-0.39, 0.29) is 23.7 Å². The van der Waals surface area contributed by atoms with Crippen LogP contribution in [0.15, 0.2) is 52.2 Å². The third-order valence-electron chi connectivity index (χ3n) is 3.36. The van der Waals surface area contributed by atoms with Gasteiger partial charge in [-0.1, -0.05) is 0 Å². The highest BCUT2D eigenvalue weighted by atomic mass is 79.9. The average Bonchev–Trinajstić information content (AvgIpc) is 2.58. The Morgan fingerprint density at radius 3 is 2.52 bits per heavy atom. The molecule has 0 radical (unpaired) electrons. The van der Waals surface area contributed by atoms with Crippen LogP contribution in [0.25, 0.3) is 0 Å². The van der Waals surface area contributed by atoms with E-state index in [0.29, 0.717) is 0 Å². The molecule has 0 bridgehead atoms. The second-order valence-electron chi connectivity index (χ2n) is 5.23. The summed E-state index contributed by atoms with van der Waals surface area (Å²) in [5.74, 6) is -0.907. The lowest BCUT2D eigenvalue weighted by Crippen LogP contribution is -2.45. The fourth-order valence-corrected chi connectivity index (χ4v) is 2.49. The number of nitrogens with zero attached hydrogens (tertiary/aromatic N) is 2. The molecule has 5 nitrogen and oxygen atoms in total. The van der Waals surface area contributed by atoms with Crippen LogP contribution in [-0.2, 0) is 10.3 Å². The zero-order chi connectivity index (χ0) is 18.4. The average molecular weight is 417 g/mol. The number of hydrogen-bond donors (Lipinski definition) is 2. The first-order valence-corrected chi connectivity index (χ1v) is 7.95. The Morgan fingerprint density at radius 2 is 2.00 bits per heavy atom. The zero-order valence-electron chi connectivity index (χ0n) is 13.0. The van der Waals surface area contributed by atoms with Crippen LogP contribution in [0.1, 0.15) is 5.56 Å². The molecule has 1 aliphatic rings. The number of ether oxygens (including phenoxy) is 1. The van der Waals surface area contributed by atoms with E-state index in [0.717, 1.165) is 16.6 Å². The molecule has 1 atom stereocenters. The van der Waals surface area contributed by atoms with Gasteiger partial charge in [0.2, 0.25) is 0 Å². The molecule has 0 spiro atoms. The summed E-state index contributed by atoms with van der Waals surface area (Å²) in [4.78, 5) is 7.55. The van der Waals surface area contributed by atoms with Crippen molar-refractivity contribution in [3.63, 3.8) is 0 Å². The van der Waals surface area contributed by atoms with Gasteiger partial charge in [0.25, 0.3) is 6.43 Å². The first-order chi connectivity index (χ1) is 11.8. The van der Waals surface area contributed by atoms with Gasteiger partial charge >= 0.3 is 0 Å². The van der Waals surface area contributed by atoms with E-state index in [2.05, 4.69) is 25.9 Å². The number of halogens is 4. The predicted molar refractivity (Wildman–Crippen MR) is 92.9 cm³/mol. The summed E-state index contributed by atoms with van der Waals surface area (Å²) in [7, 11) is 0. The molecule has 0 fully saturated rings. The molecule has 2 heterocycles. The van der Waals surface area contributed by atoms with Crippen molar-refractivity contribution >= 4 is 27.5 Å². The Kier molecular flexibility index (Phi) is 6.38. The standard InChI is InChI=1S/C11H12F3N3O.C5H4BrN/c12-8-2-1-6(15)3-7(8)11(10(13)14)5-18-4-9(16)17-11;6-5-2-1-3-7-4-5/h1-3,10H,4-5,15H2,(H2,16,17);1-4H/t11-;/m0./s1. The van der Waals surface area contributed by atoms with Crippen LogP contribution in [0, 0.1) is 5.82 Å². The van der Waals surface area contributed by atoms with E-state index in [1.54, 1.807) is 12.4 Å². The molecular weight excluding hydrogens is 401 g/mol. The maximum Gasteiger partial charge on any atom is 0.269 e. The number of benzene rings is 1. The summed E-state index contributed by atoms with van der Waals surface area (Å²) in [6.07, 6.45) is 0.540. The van der Waals surface area contributed by atoms with Crippen molar-refractivity contribution < 1.29 is 17.9 Å². The van der Waals surface area contributed by atoms with Crippen LogP contribution >= 0.6 is 15.9 Å². The molecule has 134 valence electrons. The van der Waals surface area contributed by atoms with Crippen LogP contribution in [0.4, 0.5) is 18.9 Å². The molecule has 9 heteroatoms. The molecule has 4 N–H and O–H groups in total. The van der Waals surface area contributed by atoms with Crippen LogP contribution in [0.2, 0.25) is 0 Å². The highest BCUT2D eigenvalue weighted by Crippen LogP contribution is 2.37. The number of nitrogen functional groups attached to an aromatic ring is 1. The normalized spacial score (nSPS) is 19.8. The summed E-state index contributed by atoms with van der Waals surface area (Å²) >= 11 is 3.25.